The van der Waals surface area contributed by atoms with Crippen molar-refractivity contribution in [2.45, 2.75) is 20.0 Å². The third-order valence-corrected chi connectivity index (χ3v) is 4.96. The summed E-state index contributed by atoms with van der Waals surface area (Å²) in [4.78, 5) is 0. The predicted molar refractivity (Wildman–Crippen MR) is 80.3 cm³/mol. The van der Waals surface area contributed by atoms with Crippen molar-refractivity contribution in [2.75, 3.05) is 20.3 Å². The third-order valence-electron chi connectivity index (χ3n) is 2.26. The van der Waals surface area contributed by atoms with Crippen LogP contribution in [0.4, 0.5) is 0 Å². The Kier molecular flexibility index (Phi) is 6.63. The van der Waals surface area contributed by atoms with Crippen molar-refractivity contribution < 1.29 is 18.3 Å². The van der Waals surface area contributed by atoms with E-state index in [1.54, 1.807) is 21.0 Å². The third kappa shape index (κ3) is 4.53. The van der Waals surface area contributed by atoms with Crippen LogP contribution in [0.1, 0.15) is 19.4 Å². The number of rotatable bonds is 7. The Morgan fingerprint density at radius 1 is 1.22 bits per heavy atom. The maximum atomic E-state index is 12.5. The fourth-order valence-electron chi connectivity index (χ4n) is 1.60. The maximum absolute atomic E-state index is 12.5. The van der Waals surface area contributed by atoms with E-state index in [1.165, 1.54) is 0 Å². The van der Waals surface area contributed by atoms with E-state index in [0.717, 1.165) is 9.13 Å². The van der Waals surface area contributed by atoms with Gasteiger partial charge >= 0.3 is 7.60 Å². The molecule has 0 radical (unpaired) electrons. The molecule has 0 spiro atoms. The van der Waals surface area contributed by atoms with Gasteiger partial charge in [0.1, 0.15) is 5.75 Å². The lowest BCUT2D eigenvalue weighted by molar-refractivity contribution is 0.219. The smallest absolute Gasteiger partial charge is 0.335 e. The Morgan fingerprint density at radius 2 is 1.83 bits per heavy atom. The van der Waals surface area contributed by atoms with Crippen LogP contribution in [0.5, 0.6) is 5.75 Å². The average Bonchev–Trinajstić information content (AvgIpc) is 2.29. The van der Waals surface area contributed by atoms with Gasteiger partial charge in [-0.1, -0.05) is 0 Å². The topological polar surface area (TPSA) is 44.8 Å². The van der Waals surface area contributed by atoms with Crippen molar-refractivity contribution in [1.29, 1.82) is 0 Å². The number of hydrogen-bond acceptors (Lipinski definition) is 4. The number of hydrogen-bond donors (Lipinski definition) is 0. The molecule has 0 N–H and O–H groups in total. The summed E-state index contributed by atoms with van der Waals surface area (Å²) in [5.74, 6) is 0.704. The summed E-state index contributed by atoms with van der Waals surface area (Å²) >= 11 is 2.21. The Morgan fingerprint density at radius 3 is 2.33 bits per heavy atom. The van der Waals surface area contributed by atoms with Gasteiger partial charge in [-0.05, 0) is 54.6 Å². The van der Waals surface area contributed by atoms with Gasteiger partial charge in [0.25, 0.3) is 0 Å². The van der Waals surface area contributed by atoms with Crippen LogP contribution in [0.25, 0.3) is 0 Å². The Bertz CT molecular complexity index is 426. The van der Waals surface area contributed by atoms with Crippen molar-refractivity contribution in [3.8, 4) is 5.75 Å². The van der Waals surface area contributed by atoms with Crippen LogP contribution in [-0.4, -0.2) is 20.3 Å². The number of benzene rings is 1. The molecular formula is C12H18IO4P. The lowest BCUT2D eigenvalue weighted by atomic mass is 10.2. The van der Waals surface area contributed by atoms with Crippen LogP contribution in [0.15, 0.2) is 18.2 Å². The summed E-state index contributed by atoms with van der Waals surface area (Å²) in [5, 5.41) is 0. The van der Waals surface area contributed by atoms with Crippen LogP contribution < -0.4 is 4.74 Å². The molecule has 0 aliphatic heterocycles. The highest BCUT2D eigenvalue weighted by Gasteiger charge is 2.25. The van der Waals surface area contributed by atoms with Crippen LogP contribution in [-0.2, 0) is 19.8 Å². The van der Waals surface area contributed by atoms with Gasteiger partial charge in [-0.2, -0.15) is 0 Å². The molecule has 18 heavy (non-hydrogen) atoms. The first-order valence-corrected chi connectivity index (χ1v) is 8.56. The minimum atomic E-state index is -3.08. The first-order chi connectivity index (χ1) is 8.54. The van der Waals surface area contributed by atoms with Crippen molar-refractivity contribution in [1.82, 2.24) is 0 Å². The summed E-state index contributed by atoms with van der Waals surface area (Å²) in [6.07, 6.45) is 0.231. The highest BCUT2D eigenvalue weighted by Crippen LogP contribution is 2.52. The summed E-state index contributed by atoms with van der Waals surface area (Å²) in [6.45, 7) is 4.34. The van der Waals surface area contributed by atoms with Gasteiger partial charge in [0.2, 0.25) is 0 Å². The summed E-state index contributed by atoms with van der Waals surface area (Å²) < 4.78 is 29.4. The molecule has 0 heterocycles. The molecule has 0 bridgehead atoms. The Balaban J connectivity index is 2.99. The maximum Gasteiger partial charge on any atom is 0.335 e. The summed E-state index contributed by atoms with van der Waals surface area (Å²) in [5.41, 5.74) is 0.842. The molecule has 1 aromatic carbocycles. The van der Waals surface area contributed by atoms with E-state index in [0.29, 0.717) is 19.0 Å². The van der Waals surface area contributed by atoms with Crippen LogP contribution in [0.2, 0.25) is 0 Å². The lowest BCUT2D eigenvalue weighted by Crippen LogP contribution is -2.01. The molecule has 0 saturated heterocycles. The largest absolute Gasteiger partial charge is 0.496 e. The van der Waals surface area contributed by atoms with E-state index in [-0.39, 0.29) is 6.16 Å². The molecule has 0 unspecified atom stereocenters. The standard InChI is InChI=1S/C12H18IO4P/c1-4-16-18(14,17-5-2)9-10-8-11(13)6-7-12(10)15-3/h6-8H,4-5,9H2,1-3H3. The van der Waals surface area contributed by atoms with Gasteiger partial charge in [-0.25, -0.2) is 0 Å². The number of halogens is 1. The first-order valence-electron chi connectivity index (χ1n) is 5.75. The fraction of sp³-hybridized carbons (Fsp3) is 0.500. The molecule has 0 aliphatic rings. The predicted octanol–water partition coefficient (Wildman–Crippen LogP) is 4.07. The van der Waals surface area contributed by atoms with E-state index < -0.39 is 7.60 Å². The number of ether oxygens (including phenoxy) is 1. The number of methoxy groups -OCH3 is 1. The quantitative estimate of drug-likeness (QED) is 0.525. The molecule has 0 amide bonds. The Hall–Kier alpha value is -0.100. The zero-order valence-corrected chi connectivity index (χ0v) is 13.9. The normalized spacial score (nSPS) is 11.6. The van der Waals surface area contributed by atoms with Gasteiger partial charge in [0.05, 0.1) is 26.5 Å². The van der Waals surface area contributed by atoms with Crippen LogP contribution >= 0.6 is 30.2 Å². The molecule has 4 nitrogen and oxygen atoms in total. The molecule has 0 aliphatic carbocycles. The molecule has 0 aromatic heterocycles. The minimum Gasteiger partial charge on any atom is -0.496 e. The second-order valence-corrected chi connectivity index (χ2v) is 6.86. The van der Waals surface area contributed by atoms with E-state index in [2.05, 4.69) is 22.6 Å². The minimum absolute atomic E-state index is 0.231. The molecule has 102 valence electrons. The van der Waals surface area contributed by atoms with E-state index in [1.807, 2.05) is 18.2 Å². The van der Waals surface area contributed by atoms with Gasteiger partial charge in [0.15, 0.2) is 0 Å². The van der Waals surface area contributed by atoms with Crippen molar-refractivity contribution in [2.24, 2.45) is 0 Å². The first kappa shape index (κ1) is 16.0. The summed E-state index contributed by atoms with van der Waals surface area (Å²) in [6, 6.07) is 5.73. The van der Waals surface area contributed by atoms with Crippen molar-refractivity contribution in [3.05, 3.63) is 27.3 Å². The fourth-order valence-corrected chi connectivity index (χ4v) is 3.87. The van der Waals surface area contributed by atoms with Gasteiger partial charge in [0, 0.05) is 9.13 Å². The van der Waals surface area contributed by atoms with Crippen molar-refractivity contribution in [3.63, 3.8) is 0 Å². The molecule has 0 saturated carbocycles. The summed E-state index contributed by atoms with van der Waals surface area (Å²) in [7, 11) is -1.49. The average molecular weight is 384 g/mol. The molecule has 1 rings (SSSR count). The van der Waals surface area contributed by atoms with Gasteiger partial charge in [-0.3, -0.25) is 4.57 Å². The Labute approximate surface area is 122 Å². The zero-order chi connectivity index (χ0) is 13.6. The second-order valence-electron chi connectivity index (χ2n) is 3.56. The van der Waals surface area contributed by atoms with Crippen molar-refractivity contribution >= 4 is 30.2 Å². The molecule has 0 atom stereocenters. The van der Waals surface area contributed by atoms with Crippen LogP contribution in [0.3, 0.4) is 0 Å². The van der Waals surface area contributed by atoms with E-state index in [4.69, 9.17) is 13.8 Å². The van der Waals surface area contributed by atoms with Gasteiger partial charge < -0.3 is 13.8 Å². The second kappa shape index (κ2) is 7.48. The highest BCUT2D eigenvalue weighted by atomic mass is 127. The molecule has 1 aromatic rings. The molecule has 6 heteroatoms. The highest BCUT2D eigenvalue weighted by molar-refractivity contribution is 14.1. The monoisotopic (exact) mass is 384 g/mol. The molecule has 0 fully saturated rings. The SMILES string of the molecule is CCOP(=O)(Cc1cc(I)ccc1OC)OCC. The van der Waals surface area contributed by atoms with E-state index in [9.17, 15) is 4.57 Å². The van der Waals surface area contributed by atoms with E-state index >= 15 is 0 Å². The zero-order valence-electron chi connectivity index (χ0n) is 10.8. The van der Waals surface area contributed by atoms with Crippen LogP contribution in [0, 0.1) is 3.57 Å². The molecular weight excluding hydrogens is 366 g/mol. The lowest BCUT2D eigenvalue weighted by Gasteiger charge is -2.18. The van der Waals surface area contributed by atoms with Gasteiger partial charge in [-0.15, -0.1) is 0 Å².